The van der Waals surface area contributed by atoms with Gasteiger partial charge in [0.2, 0.25) is 0 Å². The van der Waals surface area contributed by atoms with Crippen LogP contribution in [0.1, 0.15) is 67.9 Å². The molecule has 3 unspecified atom stereocenters. The van der Waals surface area contributed by atoms with Gasteiger partial charge in [0.25, 0.3) is 0 Å². The summed E-state index contributed by atoms with van der Waals surface area (Å²) in [5, 5.41) is 0. The summed E-state index contributed by atoms with van der Waals surface area (Å²) in [5.74, 6) is 1.68. The van der Waals surface area contributed by atoms with Crippen molar-refractivity contribution in [2.75, 3.05) is 13.1 Å². The number of likely N-dealkylation sites (tertiary alicyclic amines) is 1. The summed E-state index contributed by atoms with van der Waals surface area (Å²) in [4.78, 5) is 15.8. The Balaban J connectivity index is 1.80. The van der Waals surface area contributed by atoms with Gasteiger partial charge in [-0.25, -0.2) is 0 Å². The summed E-state index contributed by atoms with van der Waals surface area (Å²) in [6.07, 6.45) is 6.13. The molecule has 3 aliphatic rings. The van der Waals surface area contributed by atoms with Crippen LogP contribution in [0.3, 0.4) is 0 Å². The molecule has 1 aliphatic heterocycles. The third kappa shape index (κ3) is 2.21. The zero-order valence-electron chi connectivity index (χ0n) is 14.8. The number of carbonyl (C=O) groups excluding carboxylic acids is 1. The van der Waals surface area contributed by atoms with Crippen molar-refractivity contribution in [3.63, 3.8) is 0 Å². The van der Waals surface area contributed by atoms with E-state index in [9.17, 15) is 4.79 Å². The smallest absolute Gasteiger partial charge is 0.180 e. The van der Waals surface area contributed by atoms with Gasteiger partial charge >= 0.3 is 0 Å². The molecule has 0 N–H and O–H groups in total. The number of ketones is 1. The molecule has 2 fully saturated rings. The molecule has 0 aromatic heterocycles. The Bertz CT molecular complexity index is 633. The minimum atomic E-state index is 0.115. The van der Waals surface area contributed by atoms with Crippen LogP contribution in [0, 0.1) is 11.8 Å². The van der Waals surface area contributed by atoms with Gasteiger partial charge in [0.1, 0.15) is 0 Å². The third-order valence-corrected chi connectivity index (χ3v) is 6.97. The Labute approximate surface area is 140 Å². The highest BCUT2D eigenvalue weighted by molar-refractivity contribution is 6.03. The van der Waals surface area contributed by atoms with Crippen LogP contribution < -0.4 is 0 Å². The minimum absolute atomic E-state index is 0.115. The molecule has 2 aliphatic carbocycles. The molecule has 0 amide bonds. The van der Waals surface area contributed by atoms with E-state index < -0.39 is 0 Å². The lowest BCUT2D eigenvalue weighted by molar-refractivity contribution is 0.0197. The number of Topliss-reactive ketones (excluding diaryl/α,β-unsaturated/α-hetero) is 1. The molecule has 2 nitrogen and oxygen atoms in total. The van der Waals surface area contributed by atoms with Gasteiger partial charge in [-0.15, -0.1) is 0 Å². The Morgan fingerprint density at radius 2 is 2.04 bits per heavy atom. The summed E-state index contributed by atoms with van der Waals surface area (Å²) in [7, 11) is 0. The predicted octanol–water partition coefficient (Wildman–Crippen LogP) is 4.21. The Morgan fingerprint density at radius 1 is 1.26 bits per heavy atom. The second kappa shape index (κ2) is 5.44. The standard InChI is InChI=1S/C21H29NO/c1-4-15-8-9-17-18(12-15)21(5-2)10-11-22(13-16-6-7-16)19(14(21)3)20(17)23/h8-9,12,14,16,19H,4-7,10-11,13H2,1-3H3. The average Bonchev–Trinajstić information content (AvgIpc) is 3.38. The van der Waals surface area contributed by atoms with Crippen molar-refractivity contribution in [2.45, 2.75) is 64.3 Å². The second-order valence-corrected chi connectivity index (χ2v) is 8.03. The van der Waals surface area contributed by atoms with E-state index in [1.54, 1.807) is 0 Å². The van der Waals surface area contributed by atoms with Gasteiger partial charge < -0.3 is 0 Å². The quantitative estimate of drug-likeness (QED) is 0.830. The van der Waals surface area contributed by atoms with Crippen LogP contribution in [0.25, 0.3) is 0 Å². The lowest BCUT2D eigenvalue weighted by Crippen LogP contribution is -2.61. The fraction of sp³-hybridized carbons (Fsp3) is 0.667. The molecule has 1 saturated heterocycles. The monoisotopic (exact) mass is 311 g/mol. The fourth-order valence-corrected chi connectivity index (χ4v) is 5.22. The fourth-order valence-electron chi connectivity index (χ4n) is 5.22. The number of carbonyl (C=O) groups is 1. The number of rotatable bonds is 4. The zero-order valence-corrected chi connectivity index (χ0v) is 14.8. The van der Waals surface area contributed by atoms with Crippen molar-refractivity contribution in [3.8, 4) is 0 Å². The molecule has 4 rings (SSSR count). The van der Waals surface area contributed by atoms with Gasteiger partial charge in [-0.2, -0.15) is 0 Å². The van der Waals surface area contributed by atoms with E-state index in [0.29, 0.717) is 11.7 Å². The van der Waals surface area contributed by atoms with Crippen molar-refractivity contribution in [1.82, 2.24) is 4.90 Å². The molecular formula is C21H29NO. The van der Waals surface area contributed by atoms with Gasteiger partial charge in [-0.1, -0.05) is 39.0 Å². The molecule has 23 heavy (non-hydrogen) atoms. The van der Waals surface area contributed by atoms with E-state index in [-0.39, 0.29) is 11.5 Å². The maximum Gasteiger partial charge on any atom is 0.180 e. The predicted molar refractivity (Wildman–Crippen MR) is 94.0 cm³/mol. The van der Waals surface area contributed by atoms with Crippen LogP contribution in [0.5, 0.6) is 0 Å². The van der Waals surface area contributed by atoms with Crippen molar-refractivity contribution < 1.29 is 4.79 Å². The number of hydrogen-bond acceptors (Lipinski definition) is 2. The highest BCUT2D eigenvalue weighted by Gasteiger charge is 2.54. The molecule has 0 radical (unpaired) electrons. The molecule has 1 heterocycles. The molecule has 2 heteroatoms. The first-order valence-corrected chi connectivity index (χ1v) is 9.52. The van der Waals surface area contributed by atoms with Crippen LogP contribution in [-0.2, 0) is 11.8 Å². The number of fused-ring (bicyclic) bond motifs is 4. The first-order chi connectivity index (χ1) is 11.1. The SMILES string of the molecule is CCc1ccc2c(c1)C1(CC)CCN(CC3CC3)C(C2=O)C1C. The van der Waals surface area contributed by atoms with E-state index in [1.807, 2.05) is 0 Å². The van der Waals surface area contributed by atoms with E-state index in [4.69, 9.17) is 0 Å². The molecule has 1 aromatic carbocycles. The molecule has 124 valence electrons. The van der Waals surface area contributed by atoms with Gasteiger partial charge in [0, 0.05) is 17.5 Å². The van der Waals surface area contributed by atoms with Gasteiger partial charge in [0.05, 0.1) is 6.04 Å². The summed E-state index contributed by atoms with van der Waals surface area (Å²) in [5.41, 5.74) is 3.96. The number of nitrogens with zero attached hydrogens (tertiary/aromatic N) is 1. The Kier molecular flexibility index (Phi) is 3.64. The van der Waals surface area contributed by atoms with Gasteiger partial charge in [-0.3, -0.25) is 9.69 Å². The Morgan fingerprint density at radius 3 is 2.70 bits per heavy atom. The summed E-state index contributed by atoms with van der Waals surface area (Å²) in [6, 6.07) is 6.75. The summed E-state index contributed by atoms with van der Waals surface area (Å²) >= 11 is 0. The molecule has 0 spiro atoms. The maximum absolute atomic E-state index is 13.3. The second-order valence-electron chi connectivity index (χ2n) is 8.03. The van der Waals surface area contributed by atoms with E-state index >= 15 is 0 Å². The summed E-state index contributed by atoms with van der Waals surface area (Å²) in [6.45, 7) is 9.11. The number of benzene rings is 1. The molecule has 2 bridgehead atoms. The zero-order chi connectivity index (χ0) is 16.2. The highest BCUT2D eigenvalue weighted by Crippen LogP contribution is 2.51. The topological polar surface area (TPSA) is 20.3 Å². The third-order valence-electron chi connectivity index (χ3n) is 6.97. The van der Waals surface area contributed by atoms with E-state index in [0.717, 1.165) is 37.4 Å². The van der Waals surface area contributed by atoms with Crippen LogP contribution in [0.4, 0.5) is 0 Å². The van der Waals surface area contributed by atoms with E-state index in [1.165, 1.54) is 30.4 Å². The molecule has 1 saturated carbocycles. The first kappa shape index (κ1) is 15.4. The molecule has 1 aromatic rings. The minimum Gasteiger partial charge on any atom is -0.293 e. The van der Waals surface area contributed by atoms with Crippen molar-refractivity contribution in [3.05, 3.63) is 34.9 Å². The van der Waals surface area contributed by atoms with Crippen molar-refractivity contribution >= 4 is 5.78 Å². The lowest BCUT2D eigenvalue weighted by Gasteiger charge is -2.55. The number of aryl methyl sites for hydroxylation is 1. The molecular weight excluding hydrogens is 282 g/mol. The maximum atomic E-state index is 13.3. The van der Waals surface area contributed by atoms with Gasteiger partial charge in [0.15, 0.2) is 5.78 Å². The van der Waals surface area contributed by atoms with Crippen molar-refractivity contribution in [2.24, 2.45) is 11.8 Å². The average molecular weight is 311 g/mol. The molecule has 3 atom stereocenters. The lowest BCUT2D eigenvalue weighted by atomic mass is 9.56. The first-order valence-electron chi connectivity index (χ1n) is 9.52. The van der Waals surface area contributed by atoms with Crippen LogP contribution in [-0.4, -0.2) is 29.8 Å². The van der Waals surface area contributed by atoms with Crippen LogP contribution >= 0.6 is 0 Å². The van der Waals surface area contributed by atoms with E-state index in [2.05, 4.69) is 43.9 Å². The Hall–Kier alpha value is -1.15. The number of piperidine rings is 1. The summed E-state index contributed by atoms with van der Waals surface area (Å²) < 4.78 is 0. The number of hydrogen-bond donors (Lipinski definition) is 0. The largest absolute Gasteiger partial charge is 0.293 e. The van der Waals surface area contributed by atoms with Gasteiger partial charge in [-0.05, 0) is 61.6 Å². The van der Waals surface area contributed by atoms with Crippen LogP contribution in [0.2, 0.25) is 0 Å². The normalized spacial score (nSPS) is 33.6. The van der Waals surface area contributed by atoms with Crippen molar-refractivity contribution in [1.29, 1.82) is 0 Å². The van der Waals surface area contributed by atoms with Crippen LogP contribution in [0.15, 0.2) is 18.2 Å². The highest BCUT2D eigenvalue weighted by atomic mass is 16.1.